The number of rotatable bonds is 8. The fraction of sp³-hybridized carbons (Fsp3) is 0.650. The van der Waals surface area contributed by atoms with Crippen molar-refractivity contribution in [3.05, 3.63) is 18.2 Å². The second kappa shape index (κ2) is 9.71. The van der Waals surface area contributed by atoms with Crippen LogP contribution in [0.5, 0.6) is 0 Å². The van der Waals surface area contributed by atoms with Crippen LogP contribution in [-0.2, 0) is 14.8 Å². The van der Waals surface area contributed by atoms with E-state index >= 15 is 0 Å². The molecule has 2 N–H and O–H groups in total. The number of piperidine rings is 1. The fourth-order valence-electron chi connectivity index (χ4n) is 3.65. The van der Waals surface area contributed by atoms with Gasteiger partial charge in [-0.3, -0.25) is 4.79 Å². The first-order valence-electron chi connectivity index (χ1n) is 10.1. The van der Waals surface area contributed by atoms with Crippen LogP contribution in [0.1, 0.15) is 33.6 Å². The van der Waals surface area contributed by atoms with Crippen LogP contribution in [0.4, 0.5) is 11.4 Å². The number of sulfonamides is 1. The van der Waals surface area contributed by atoms with Crippen molar-refractivity contribution in [2.75, 3.05) is 57.0 Å². The van der Waals surface area contributed by atoms with Crippen molar-refractivity contribution in [3.8, 4) is 0 Å². The summed E-state index contributed by atoms with van der Waals surface area (Å²) in [5.74, 6) is 0.652. The number of nitrogens with zero attached hydrogens (tertiary/aromatic N) is 2. The average molecular weight is 412 g/mol. The van der Waals surface area contributed by atoms with Gasteiger partial charge in [-0.2, -0.15) is 4.31 Å². The van der Waals surface area contributed by atoms with E-state index in [9.17, 15) is 13.2 Å². The average Bonchev–Trinajstić information content (AvgIpc) is 2.64. The Hall–Kier alpha value is -1.64. The monoisotopic (exact) mass is 411 g/mol. The molecule has 2 rings (SSSR count). The lowest BCUT2D eigenvalue weighted by atomic mass is 9.99. The molecule has 8 heteroatoms. The van der Waals surface area contributed by atoms with Gasteiger partial charge in [-0.1, -0.05) is 20.8 Å². The summed E-state index contributed by atoms with van der Waals surface area (Å²) in [4.78, 5) is 16.0. The van der Waals surface area contributed by atoms with E-state index < -0.39 is 10.0 Å². The molecule has 158 valence electrons. The molecule has 1 heterocycles. The lowest BCUT2D eigenvalue weighted by Crippen LogP contribution is -3.14. The summed E-state index contributed by atoms with van der Waals surface area (Å²) < 4.78 is 27.1. The molecule has 0 unspecified atom stereocenters. The number of amides is 1. The van der Waals surface area contributed by atoms with E-state index in [0.29, 0.717) is 25.3 Å². The van der Waals surface area contributed by atoms with Crippen molar-refractivity contribution in [2.24, 2.45) is 5.92 Å². The van der Waals surface area contributed by atoms with Gasteiger partial charge in [0.05, 0.1) is 29.4 Å². The molecule has 0 atom stereocenters. The summed E-state index contributed by atoms with van der Waals surface area (Å²) in [7, 11) is 0.175. The second-order valence-corrected chi connectivity index (χ2v) is 9.76. The van der Waals surface area contributed by atoms with E-state index in [1.807, 2.05) is 32.8 Å². The maximum atomic E-state index is 12.9. The third-order valence-electron chi connectivity index (χ3n) is 5.46. The maximum Gasteiger partial charge on any atom is 0.279 e. The Kier molecular flexibility index (Phi) is 7.86. The Morgan fingerprint density at radius 1 is 1.18 bits per heavy atom. The minimum Gasteiger partial charge on any atom is -0.376 e. The topological polar surface area (TPSA) is 74.2 Å². The van der Waals surface area contributed by atoms with Crippen molar-refractivity contribution < 1.29 is 18.1 Å². The fourth-order valence-corrected chi connectivity index (χ4v) is 5.13. The van der Waals surface area contributed by atoms with Crippen molar-refractivity contribution in [2.45, 2.75) is 38.5 Å². The predicted octanol–water partition coefficient (Wildman–Crippen LogP) is 1.04. The molecule has 0 aliphatic carbocycles. The number of carbonyl (C=O) groups excluding carboxylic acids is 1. The van der Waals surface area contributed by atoms with Gasteiger partial charge in [-0.15, -0.1) is 0 Å². The second-order valence-electron chi connectivity index (χ2n) is 7.82. The molecule has 1 amide bonds. The van der Waals surface area contributed by atoms with Gasteiger partial charge in [0.15, 0.2) is 6.54 Å². The third-order valence-corrected chi connectivity index (χ3v) is 7.50. The van der Waals surface area contributed by atoms with E-state index in [1.54, 1.807) is 18.2 Å². The Bertz CT molecular complexity index is 768. The number of benzene rings is 1. The van der Waals surface area contributed by atoms with Gasteiger partial charge in [0.25, 0.3) is 5.91 Å². The van der Waals surface area contributed by atoms with Crippen LogP contribution in [0.2, 0.25) is 0 Å². The smallest absolute Gasteiger partial charge is 0.279 e. The highest BCUT2D eigenvalue weighted by molar-refractivity contribution is 7.89. The molecule has 0 radical (unpaired) electrons. The summed E-state index contributed by atoms with van der Waals surface area (Å²) in [6.45, 7) is 9.13. The zero-order chi connectivity index (χ0) is 20.9. The summed E-state index contributed by atoms with van der Waals surface area (Å²) in [6.07, 6.45) is 2.28. The number of nitrogens with one attached hydrogen (secondary N) is 2. The Balaban J connectivity index is 2.22. The molecule has 7 nitrogen and oxygen atoms in total. The van der Waals surface area contributed by atoms with Crippen LogP contribution in [0.3, 0.4) is 0 Å². The number of hydrogen-bond donors (Lipinski definition) is 2. The van der Waals surface area contributed by atoms with Crippen molar-refractivity contribution >= 4 is 27.3 Å². The molecule has 1 aliphatic heterocycles. The first kappa shape index (κ1) is 22.6. The molecule has 1 aliphatic rings. The van der Waals surface area contributed by atoms with Crippen LogP contribution in [0.15, 0.2) is 23.1 Å². The first-order chi connectivity index (χ1) is 13.2. The molecule has 1 saturated heterocycles. The molecule has 1 fully saturated rings. The molecule has 0 spiro atoms. The maximum absolute atomic E-state index is 12.9. The largest absolute Gasteiger partial charge is 0.376 e. The van der Waals surface area contributed by atoms with Crippen LogP contribution >= 0.6 is 0 Å². The molecular formula is C20H35N4O3S+. The molecule has 0 aromatic heterocycles. The van der Waals surface area contributed by atoms with Gasteiger partial charge in [0.1, 0.15) is 0 Å². The zero-order valence-corrected chi connectivity index (χ0v) is 18.6. The van der Waals surface area contributed by atoms with Crippen LogP contribution in [0.25, 0.3) is 0 Å². The van der Waals surface area contributed by atoms with Gasteiger partial charge in [0.2, 0.25) is 10.0 Å². The van der Waals surface area contributed by atoms with Gasteiger partial charge >= 0.3 is 0 Å². The van der Waals surface area contributed by atoms with Gasteiger partial charge in [0, 0.05) is 27.2 Å². The van der Waals surface area contributed by atoms with Crippen molar-refractivity contribution in [1.82, 2.24) is 4.31 Å². The quantitative estimate of drug-likeness (QED) is 0.670. The molecule has 28 heavy (non-hydrogen) atoms. The van der Waals surface area contributed by atoms with E-state index in [2.05, 4.69) is 12.2 Å². The Labute approximate surface area is 169 Å². The van der Waals surface area contributed by atoms with E-state index in [-0.39, 0.29) is 10.8 Å². The van der Waals surface area contributed by atoms with Crippen molar-refractivity contribution in [1.29, 1.82) is 0 Å². The minimum absolute atomic E-state index is 0.0787. The van der Waals surface area contributed by atoms with Gasteiger partial charge < -0.3 is 15.1 Å². The summed E-state index contributed by atoms with van der Waals surface area (Å²) in [6, 6.07) is 4.94. The summed E-state index contributed by atoms with van der Waals surface area (Å²) >= 11 is 0. The highest BCUT2D eigenvalue weighted by Gasteiger charge is 2.25. The number of likely N-dealkylation sites (tertiary alicyclic amines) is 1. The molecule has 0 saturated carbocycles. The number of hydrogen-bond acceptors (Lipinski definition) is 4. The Morgan fingerprint density at radius 2 is 1.79 bits per heavy atom. The van der Waals surface area contributed by atoms with Crippen LogP contribution in [0, 0.1) is 5.92 Å². The molecule has 1 aromatic carbocycles. The normalized spacial score (nSPS) is 20.2. The van der Waals surface area contributed by atoms with E-state index in [1.165, 1.54) is 9.21 Å². The highest BCUT2D eigenvalue weighted by Crippen LogP contribution is 2.29. The number of anilines is 2. The third kappa shape index (κ3) is 5.46. The minimum atomic E-state index is -3.58. The molecular weight excluding hydrogens is 376 g/mol. The number of carbonyl (C=O) groups is 1. The van der Waals surface area contributed by atoms with Crippen molar-refractivity contribution in [3.63, 3.8) is 0 Å². The predicted molar refractivity (Wildman–Crippen MR) is 113 cm³/mol. The summed E-state index contributed by atoms with van der Waals surface area (Å²) in [5.41, 5.74) is 1.32. The lowest BCUT2D eigenvalue weighted by molar-refractivity contribution is -0.897. The van der Waals surface area contributed by atoms with Gasteiger partial charge in [-0.25, -0.2) is 8.42 Å². The lowest BCUT2D eigenvalue weighted by Gasteiger charge is -2.27. The highest BCUT2D eigenvalue weighted by atomic mass is 32.2. The van der Waals surface area contributed by atoms with E-state index in [4.69, 9.17) is 0 Å². The summed E-state index contributed by atoms with van der Waals surface area (Å²) in [5, 5.41) is 2.95. The van der Waals surface area contributed by atoms with Crippen LogP contribution < -0.4 is 15.1 Å². The standard InChI is InChI=1S/C20H34N4O3S/c1-6-24(7-2)28(26,27)17-8-9-19(22(4)5)18(14-17)21-20(25)15-23-12-10-16(3)11-13-23/h8-9,14,16H,6-7,10-13,15H2,1-5H3,(H,21,25)/p+1. The van der Waals surface area contributed by atoms with E-state index in [0.717, 1.165) is 37.5 Å². The zero-order valence-electron chi connectivity index (χ0n) is 17.8. The van der Waals surface area contributed by atoms with Gasteiger partial charge in [-0.05, 0) is 37.0 Å². The Morgan fingerprint density at radius 3 is 2.32 bits per heavy atom. The molecule has 1 aromatic rings. The van der Waals surface area contributed by atoms with Crippen LogP contribution in [-0.4, -0.2) is 65.4 Å². The molecule has 0 bridgehead atoms. The first-order valence-corrected chi connectivity index (χ1v) is 11.6. The number of quaternary nitrogens is 1. The SMILES string of the molecule is CCN(CC)S(=O)(=O)c1ccc(N(C)C)c(NC(=O)C[NH+]2CCC(C)CC2)c1.